The molecule has 4 aromatic carbocycles. The molecule has 1 N–H and O–H groups in total. The fraction of sp³-hybridized carbons (Fsp3) is 0.258. The van der Waals surface area contributed by atoms with Crippen LogP contribution in [0.1, 0.15) is 41.4 Å². The van der Waals surface area contributed by atoms with Crippen molar-refractivity contribution >= 4 is 28.1 Å². The number of hydrogen-bond donors (Lipinski definition) is 1. The van der Waals surface area contributed by atoms with E-state index in [1.165, 1.54) is 34.7 Å². The van der Waals surface area contributed by atoms with Crippen molar-refractivity contribution < 1.29 is 11.0 Å². The summed E-state index contributed by atoms with van der Waals surface area (Å²) in [6, 6.07) is 30.0. The van der Waals surface area contributed by atoms with Gasteiger partial charge in [0.2, 0.25) is 0 Å². The van der Waals surface area contributed by atoms with Crippen LogP contribution in [-0.4, -0.2) is 26.2 Å². The number of nitrogens with one attached hydrogen (secondary N) is 1. The molecule has 35 heavy (non-hydrogen) atoms. The van der Waals surface area contributed by atoms with Gasteiger partial charge in [-0.15, -0.1) is 0 Å². The molecule has 0 saturated heterocycles. The number of esters is 1. The number of benzene rings is 4. The number of nitrogens with zero attached hydrogens (tertiary/aromatic N) is 1. The van der Waals surface area contributed by atoms with Gasteiger partial charge in [-0.05, 0) is 71.8 Å². The van der Waals surface area contributed by atoms with E-state index in [2.05, 4.69) is 89.9 Å². The van der Waals surface area contributed by atoms with Gasteiger partial charge in [0, 0.05) is 31.9 Å². The zero-order valence-corrected chi connectivity index (χ0v) is 20.6. The van der Waals surface area contributed by atoms with Crippen LogP contribution in [0.5, 0.6) is 0 Å². The van der Waals surface area contributed by atoms with Crippen LogP contribution in [-0.2, 0) is 11.2 Å². The van der Waals surface area contributed by atoms with E-state index in [0.29, 0.717) is 11.5 Å². The third kappa shape index (κ3) is 4.67. The summed E-state index contributed by atoms with van der Waals surface area (Å²) in [5.41, 5.74) is 6.45. The van der Waals surface area contributed by atoms with Gasteiger partial charge in [0.15, 0.2) is 0 Å². The van der Waals surface area contributed by atoms with Crippen molar-refractivity contribution in [3.8, 4) is 0 Å². The Labute approximate surface area is 209 Å². The van der Waals surface area contributed by atoms with Gasteiger partial charge in [-0.2, -0.15) is 0 Å². The number of carbonyl (C=O) groups excluding carboxylic acids is 1. The number of carbonyl (C=O) groups is 1. The lowest BCUT2D eigenvalue weighted by Gasteiger charge is -2.37. The van der Waals surface area contributed by atoms with Gasteiger partial charge in [-0.3, -0.25) is 0 Å². The Kier molecular flexibility index (Phi) is 6.56. The van der Waals surface area contributed by atoms with Crippen molar-refractivity contribution in [2.45, 2.75) is 26.3 Å². The van der Waals surface area contributed by atoms with Crippen molar-refractivity contribution in [1.82, 2.24) is 5.32 Å². The van der Waals surface area contributed by atoms with Crippen molar-refractivity contribution in [2.24, 2.45) is 5.92 Å². The molecule has 0 aliphatic carbocycles. The van der Waals surface area contributed by atoms with Crippen molar-refractivity contribution in [1.29, 1.82) is 0 Å². The summed E-state index contributed by atoms with van der Waals surface area (Å²) < 4.78 is 5.02. The summed E-state index contributed by atoms with van der Waals surface area (Å²) >= 11 is 0. The molecule has 0 aromatic heterocycles. The average molecular weight is 467 g/mol. The number of aryl methyl sites for hydroxylation is 1. The molecule has 4 aromatic rings. The lowest BCUT2D eigenvalue weighted by atomic mass is 9.91. The second-order valence-corrected chi connectivity index (χ2v) is 9.50. The molecule has 0 amide bonds. The van der Waals surface area contributed by atoms with Gasteiger partial charge in [0.1, 0.15) is 0 Å². The number of ether oxygens (including phenoxy) is 1. The molecular weight excluding hydrogens is 432 g/mol. The molecule has 0 unspecified atom stereocenters. The Morgan fingerprint density at radius 1 is 1.06 bits per heavy atom. The number of para-hydroxylation sites is 1. The van der Waals surface area contributed by atoms with Crippen LogP contribution < -0.4 is 10.2 Å². The molecule has 4 heteroatoms. The number of rotatable bonds is 6. The normalized spacial score (nSPS) is 16.1. The molecule has 180 valence electrons. The Bertz CT molecular complexity index is 1360. The molecule has 1 heterocycles. The SMILES string of the molecule is COC(=O)c1cc(N2C[C@H](CN[C@H](C)c3cccc4ccccc34)Cc3ccccc32)ccc1C.[HH]. The molecular formula is C31H34N2O2. The largest absolute Gasteiger partial charge is 0.465 e. The van der Waals surface area contributed by atoms with E-state index in [1.54, 1.807) is 0 Å². The molecule has 4 nitrogen and oxygen atoms in total. The third-order valence-electron chi connectivity index (χ3n) is 7.17. The fourth-order valence-electron chi connectivity index (χ4n) is 5.25. The minimum Gasteiger partial charge on any atom is -0.465 e. The monoisotopic (exact) mass is 466 g/mol. The second-order valence-electron chi connectivity index (χ2n) is 9.50. The first-order valence-electron chi connectivity index (χ1n) is 12.3. The Morgan fingerprint density at radius 2 is 1.83 bits per heavy atom. The summed E-state index contributed by atoms with van der Waals surface area (Å²) in [6.07, 6.45) is 1.03. The van der Waals surface area contributed by atoms with E-state index < -0.39 is 0 Å². The van der Waals surface area contributed by atoms with Crippen LogP contribution in [0.2, 0.25) is 0 Å². The van der Waals surface area contributed by atoms with E-state index in [4.69, 9.17) is 4.74 Å². The van der Waals surface area contributed by atoms with Crippen LogP contribution in [0.3, 0.4) is 0 Å². The number of methoxy groups -OCH3 is 1. The molecule has 5 rings (SSSR count). The zero-order valence-electron chi connectivity index (χ0n) is 20.6. The van der Waals surface area contributed by atoms with E-state index >= 15 is 0 Å². The Hall–Kier alpha value is -3.63. The third-order valence-corrected chi connectivity index (χ3v) is 7.17. The maximum atomic E-state index is 12.3. The van der Waals surface area contributed by atoms with Gasteiger partial charge < -0.3 is 15.0 Å². The summed E-state index contributed by atoms with van der Waals surface area (Å²) in [5.74, 6) is 0.141. The summed E-state index contributed by atoms with van der Waals surface area (Å²) in [7, 11) is 1.43. The number of fused-ring (bicyclic) bond motifs is 2. The fourth-order valence-corrected chi connectivity index (χ4v) is 5.25. The van der Waals surface area contributed by atoms with Gasteiger partial charge in [0.25, 0.3) is 0 Å². The highest BCUT2D eigenvalue weighted by Gasteiger charge is 2.26. The average Bonchev–Trinajstić information content (AvgIpc) is 2.90. The predicted molar refractivity (Wildman–Crippen MR) is 146 cm³/mol. The highest BCUT2D eigenvalue weighted by atomic mass is 16.5. The van der Waals surface area contributed by atoms with Crippen LogP contribution in [0, 0.1) is 12.8 Å². The molecule has 0 spiro atoms. The highest BCUT2D eigenvalue weighted by Crippen LogP contribution is 2.36. The molecule has 0 fully saturated rings. The van der Waals surface area contributed by atoms with Gasteiger partial charge >= 0.3 is 5.97 Å². The maximum absolute atomic E-state index is 12.3. The predicted octanol–water partition coefficient (Wildman–Crippen LogP) is 6.84. The maximum Gasteiger partial charge on any atom is 0.338 e. The first kappa shape index (κ1) is 23.1. The quantitative estimate of drug-likeness (QED) is 0.316. The van der Waals surface area contributed by atoms with E-state index in [1.807, 2.05) is 19.1 Å². The topological polar surface area (TPSA) is 41.6 Å². The Morgan fingerprint density at radius 3 is 2.69 bits per heavy atom. The standard InChI is InChI=1S/C31H32N2O2.H2/c1-21-15-16-26(18-29(21)31(34)35-3)33-20-23(17-25-10-5-7-14-30(25)33)19-32-22(2)27-13-8-11-24-9-4-6-12-28(24)27;/h4-16,18,22-23,32H,17,19-20H2,1-3H3;1H/t22-,23+;/m1./s1. The Balaban J connectivity index is 0.00000304. The van der Waals surface area contributed by atoms with E-state index in [9.17, 15) is 4.79 Å². The summed E-state index contributed by atoms with van der Waals surface area (Å²) in [6.45, 7) is 5.99. The van der Waals surface area contributed by atoms with Gasteiger partial charge in [-0.1, -0.05) is 66.7 Å². The first-order chi connectivity index (χ1) is 17.0. The minimum atomic E-state index is -0.295. The van der Waals surface area contributed by atoms with Crippen molar-refractivity contribution in [3.05, 3.63) is 107 Å². The van der Waals surface area contributed by atoms with Crippen LogP contribution in [0.4, 0.5) is 11.4 Å². The lowest BCUT2D eigenvalue weighted by molar-refractivity contribution is 0.0600. The first-order valence-corrected chi connectivity index (χ1v) is 12.3. The second kappa shape index (κ2) is 9.93. The molecule has 1 aliphatic heterocycles. The van der Waals surface area contributed by atoms with Crippen LogP contribution in [0.15, 0.2) is 84.9 Å². The zero-order chi connectivity index (χ0) is 24.4. The van der Waals surface area contributed by atoms with Gasteiger partial charge in [0.05, 0.1) is 12.7 Å². The smallest absolute Gasteiger partial charge is 0.338 e. The highest BCUT2D eigenvalue weighted by molar-refractivity contribution is 5.92. The summed E-state index contributed by atoms with van der Waals surface area (Å²) in [5, 5.41) is 6.39. The number of hydrogen-bond acceptors (Lipinski definition) is 4. The van der Waals surface area contributed by atoms with Crippen LogP contribution >= 0.6 is 0 Å². The van der Waals surface area contributed by atoms with Crippen LogP contribution in [0.25, 0.3) is 10.8 Å². The lowest BCUT2D eigenvalue weighted by Crippen LogP contribution is -2.38. The number of anilines is 2. The molecule has 2 atom stereocenters. The van der Waals surface area contributed by atoms with E-state index in [0.717, 1.165) is 30.8 Å². The minimum absolute atomic E-state index is 0. The van der Waals surface area contributed by atoms with Gasteiger partial charge in [-0.25, -0.2) is 4.79 Å². The molecule has 1 aliphatic rings. The van der Waals surface area contributed by atoms with Crippen molar-refractivity contribution in [3.63, 3.8) is 0 Å². The molecule has 0 radical (unpaired) electrons. The molecule has 0 bridgehead atoms. The van der Waals surface area contributed by atoms with E-state index in [-0.39, 0.29) is 13.4 Å². The summed E-state index contributed by atoms with van der Waals surface area (Å²) in [4.78, 5) is 14.7. The molecule has 0 saturated carbocycles. The van der Waals surface area contributed by atoms with Crippen molar-refractivity contribution in [2.75, 3.05) is 25.1 Å².